The van der Waals surface area contributed by atoms with E-state index in [9.17, 15) is 9.59 Å². The van der Waals surface area contributed by atoms with Gasteiger partial charge in [0, 0.05) is 18.4 Å². The Morgan fingerprint density at radius 1 is 1.20 bits per heavy atom. The SMILES string of the molecule is CCC[C@@H]1N(C(=O)c2cc(-c3ccccn3)n[nH]2)CC[C@]12C(=O)Nc1ccccc12. The normalized spacial score (nSPS) is 22.4. The number of fused-ring (bicyclic) bond motifs is 2. The third-order valence-electron chi connectivity index (χ3n) is 6.31. The second-order valence-electron chi connectivity index (χ2n) is 7.91. The Bertz CT molecular complexity index is 1110. The zero-order valence-corrected chi connectivity index (χ0v) is 16.8. The molecule has 7 heteroatoms. The summed E-state index contributed by atoms with van der Waals surface area (Å²) in [5.74, 6) is -0.131. The number of carbonyl (C=O) groups is 2. The molecule has 5 rings (SSSR count). The van der Waals surface area contributed by atoms with Crippen molar-refractivity contribution in [3.8, 4) is 11.4 Å². The average molecular weight is 401 g/mol. The number of benzene rings is 1. The monoisotopic (exact) mass is 401 g/mol. The number of pyridine rings is 1. The number of hydrogen-bond acceptors (Lipinski definition) is 4. The number of hydrogen-bond donors (Lipinski definition) is 2. The van der Waals surface area contributed by atoms with Gasteiger partial charge in [0.1, 0.15) is 11.4 Å². The van der Waals surface area contributed by atoms with E-state index >= 15 is 0 Å². The van der Waals surface area contributed by atoms with E-state index in [0.29, 0.717) is 30.0 Å². The summed E-state index contributed by atoms with van der Waals surface area (Å²) >= 11 is 0. The summed E-state index contributed by atoms with van der Waals surface area (Å²) in [6.07, 6.45) is 3.96. The van der Waals surface area contributed by atoms with E-state index in [1.54, 1.807) is 12.3 Å². The number of nitrogens with zero attached hydrogens (tertiary/aromatic N) is 3. The van der Waals surface area contributed by atoms with E-state index in [1.165, 1.54) is 0 Å². The second-order valence-corrected chi connectivity index (χ2v) is 7.91. The minimum atomic E-state index is -0.688. The maximum atomic E-state index is 13.4. The number of aromatic nitrogens is 3. The highest BCUT2D eigenvalue weighted by molar-refractivity contribution is 6.08. The lowest BCUT2D eigenvalue weighted by Crippen LogP contribution is -2.48. The van der Waals surface area contributed by atoms with Crippen molar-refractivity contribution in [2.75, 3.05) is 11.9 Å². The van der Waals surface area contributed by atoms with Gasteiger partial charge in [-0.2, -0.15) is 5.10 Å². The quantitative estimate of drug-likeness (QED) is 0.701. The van der Waals surface area contributed by atoms with Gasteiger partial charge in [-0.05, 0) is 42.7 Å². The van der Waals surface area contributed by atoms with Crippen molar-refractivity contribution in [3.05, 3.63) is 66.0 Å². The van der Waals surface area contributed by atoms with Crippen LogP contribution in [-0.2, 0) is 10.2 Å². The molecule has 152 valence electrons. The highest BCUT2D eigenvalue weighted by Gasteiger charge is 2.58. The average Bonchev–Trinajstić information content (AvgIpc) is 3.47. The molecule has 2 N–H and O–H groups in total. The first kappa shape index (κ1) is 18.5. The molecular weight excluding hydrogens is 378 g/mol. The van der Waals surface area contributed by atoms with Crippen LogP contribution < -0.4 is 5.32 Å². The molecule has 7 nitrogen and oxygen atoms in total. The number of anilines is 1. The molecule has 0 bridgehead atoms. The fraction of sp³-hybridized carbons (Fsp3) is 0.304. The number of likely N-dealkylation sites (tertiary alicyclic amines) is 1. The molecule has 30 heavy (non-hydrogen) atoms. The van der Waals surface area contributed by atoms with Crippen molar-refractivity contribution < 1.29 is 9.59 Å². The fourth-order valence-corrected chi connectivity index (χ4v) is 4.95. The largest absolute Gasteiger partial charge is 0.333 e. The van der Waals surface area contributed by atoms with Crippen molar-refractivity contribution in [2.45, 2.75) is 37.6 Å². The van der Waals surface area contributed by atoms with E-state index in [1.807, 2.05) is 47.4 Å². The first-order valence-corrected chi connectivity index (χ1v) is 10.3. The van der Waals surface area contributed by atoms with Gasteiger partial charge in [-0.3, -0.25) is 19.7 Å². The number of amides is 2. The summed E-state index contributed by atoms with van der Waals surface area (Å²) < 4.78 is 0. The standard InChI is InChI=1S/C23H23N5O2/c1-2-7-20-23(15-8-3-4-9-16(15)25-22(23)30)11-13-28(20)21(29)19-14-18(26-27-19)17-10-5-6-12-24-17/h3-6,8-10,12,14,20H,2,7,11,13H2,1H3,(H,25,30)(H,26,27)/t20-,23+/m0/s1. The first-order chi connectivity index (χ1) is 14.6. The third kappa shape index (κ3) is 2.65. The Morgan fingerprint density at radius 2 is 2.03 bits per heavy atom. The van der Waals surface area contributed by atoms with Crippen LogP contribution in [-0.4, -0.2) is 44.5 Å². The smallest absolute Gasteiger partial charge is 0.272 e. The molecule has 4 heterocycles. The Kier molecular flexibility index (Phi) is 4.38. The van der Waals surface area contributed by atoms with Gasteiger partial charge in [0.2, 0.25) is 5.91 Å². The number of nitrogens with one attached hydrogen (secondary N) is 2. The van der Waals surface area contributed by atoms with Crippen molar-refractivity contribution in [1.82, 2.24) is 20.1 Å². The third-order valence-corrected chi connectivity index (χ3v) is 6.31. The topological polar surface area (TPSA) is 91.0 Å². The van der Waals surface area contributed by atoms with Gasteiger partial charge in [0.25, 0.3) is 5.91 Å². The van der Waals surface area contributed by atoms with Crippen LogP contribution in [0.25, 0.3) is 11.4 Å². The predicted octanol–water partition coefficient (Wildman–Crippen LogP) is 3.38. The highest BCUT2D eigenvalue weighted by Crippen LogP contribution is 2.49. The van der Waals surface area contributed by atoms with Crippen LogP contribution >= 0.6 is 0 Å². The van der Waals surface area contributed by atoms with Crippen LogP contribution in [0.15, 0.2) is 54.7 Å². The maximum absolute atomic E-state index is 13.4. The summed E-state index contributed by atoms with van der Waals surface area (Å²) in [6, 6.07) is 15.0. The zero-order valence-electron chi connectivity index (χ0n) is 16.8. The van der Waals surface area contributed by atoms with Crippen LogP contribution in [0.5, 0.6) is 0 Å². The van der Waals surface area contributed by atoms with Crippen LogP contribution in [0, 0.1) is 0 Å². The molecular formula is C23H23N5O2. The molecule has 2 aromatic heterocycles. The van der Waals surface area contributed by atoms with E-state index in [4.69, 9.17) is 0 Å². The number of H-pyrrole nitrogens is 1. The van der Waals surface area contributed by atoms with Gasteiger partial charge >= 0.3 is 0 Å². The van der Waals surface area contributed by atoms with Gasteiger partial charge < -0.3 is 10.2 Å². The van der Waals surface area contributed by atoms with Crippen molar-refractivity contribution >= 4 is 17.5 Å². The number of para-hydroxylation sites is 1. The molecule has 1 aromatic carbocycles. The fourth-order valence-electron chi connectivity index (χ4n) is 4.95. The van der Waals surface area contributed by atoms with E-state index < -0.39 is 5.41 Å². The Hall–Kier alpha value is -3.48. The minimum absolute atomic E-state index is 0.00349. The molecule has 0 unspecified atom stereocenters. The summed E-state index contributed by atoms with van der Waals surface area (Å²) in [5, 5.41) is 10.2. The van der Waals surface area contributed by atoms with Gasteiger partial charge in [-0.25, -0.2) is 0 Å². The second kappa shape index (κ2) is 7.09. The van der Waals surface area contributed by atoms with Crippen molar-refractivity contribution in [1.29, 1.82) is 0 Å². The summed E-state index contributed by atoms with van der Waals surface area (Å²) in [6.45, 7) is 2.62. The van der Waals surface area contributed by atoms with Gasteiger partial charge in [-0.1, -0.05) is 37.6 Å². The van der Waals surface area contributed by atoms with Gasteiger partial charge in [0.15, 0.2) is 0 Å². The van der Waals surface area contributed by atoms with Crippen LogP contribution in [0.4, 0.5) is 5.69 Å². The molecule has 0 radical (unpaired) electrons. The van der Waals surface area contributed by atoms with E-state index in [0.717, 1.165) is 24.1 Å². The highest BCUT2D eigenvalue weighted by atomic mass is 16.2. The maximum Gasteiger partial charge on any atom is 0.272 e. The van der Waals surface area contributed by atoms with E-state index in [2.05, 4.69) is 27.4 Å². The summed E-state index contributed by atoms with van der Waals surface area (Å²) in [4.78, 5) is 32.7. The number of aromatic amines is 1. The molecule has 0 saturated carbocycles. The van der Waals surface area contributed by atoms with Gasteiger partial charge in [-0.15, -0.1) is 0 Å². The predicted molar refractivity (Wildman–Crippen MR) is 113 cm³/mol. The van der Waals surface area contributed by atoms with Crippen LogP contribution in [0.1, 0.15) is 42.2 Å². The molecule has 1 fully saturated rings. The first-order valence-electron chi connectivity index (χ1n) is 10.3. The number of carbonyl (C=O) groups excluding carboxylic acids is 2. The molecule has 3 aromatic rings. The van der Waals surface area contributed by atoms with Crippen molar-refractivity contribution in [2.24, 2.45) is 0 Å². The number of rotatable bonds is 4. The van der Waals surface area contributed by atoms with Crippen LogP contribution in [0.2, 0.25) is 0 Å². The van der Waals surface area contributed by atoms with Crippen LogP contribution in [0.3, 0.4) is 0 Å². The lowest BCUT2D eigenvalue weighted by atomic mass is 9.73. The zero-order chi connectivity index (χ0) is 20.7. The molecule has 2 aliphatic rings. The lowest BCUT2D eigenvalue weighted by molar-refractivity contribution is -0.121. The Labute approximate surface area is 174 Å². The summed E-state index contributed by atoms with van der Waals surface area (Å²) in [5.41, 5.74) is 2.93. The summed E-state index contributed by atoms with van der Waals surface area (Å²) in [7, 11) is 0. The lowest BCUT2D eigenvalue weighted by Gasteiger charge is -2.33. The Morgan fingerprint density at radius 3 is 2.83 bits per heavy atom. The minimum Gasteiger partial charge on any atom is -0.333 e. The molecule has 1 saturated heterocycles. The molecule has 2 amide bonds. The van der Waals surface area contributed by atoms with Crippen molar-refractivity contribution in [3.63, 3.8) is 0 Å². The molecule has 0 aliphatic carbocycles. The molecule has 2 aliphatic heterocycles. The Balaban J connectivity index is 1.49. The van der Waals surface area contributed by atoms with Gasteiger partial charge in [0.05, 0.1) is 17.2 Å². The molecule has 2 atom stereocenters. The molecule has 1 spiro atoms. The van der Waals surface area contributed by atoms with E-state index in [-0.39, 0.29) is 17.9 Å².